The number of piperidine rings is 1. The first-order valence-electron chi connectivity index (χ1n) is 8.63. The van der Waals surface area contributed by atoms with E-state index in [9.17, 15) is 9.59 Å². The fourth-order valence-corrected chi connectivity index (χ4v) is 4.15. The summed E-state index contributed by atoms with van der Waals surface area (Å²) in [7, 11) is 0. The Bertz CT molecular complexity index is 744. The molecule has 1 saturated heterocycles. The van der Waals surface area contributed by atoms with Gasteiger partial charge in [0.1, 0.15) is 0 Å². The Morgan fingerprint density at radius 2 is 2.08 bits per heavy atom. The lowest BCUT2D eigenvalue weighted by molar-refractivity contribution is -0.132. The van der Waals surface area contributed by atoms with Gasteiger partial charge in [0.2, 0.25) is 5.91 Å². The zero-order valence-electron chi connectivity index (χ0n) is 14.4. The van der Waals surface area contributed by atoms with E-state index in [1.54, 1.807) is 22.2 Å². The van der Waals surface area contributed by atoms with Crippen LogP contribution in [0.15, 0.2) is 24.5 Å². The number of aromatic carboxylic acids is 1. The van der Waals surface area contributed by atoms with Gasteiger partial charge in [0.15, 0.2) is 0 Å². The van der Waals surface area contributed by atoms with Gasteiger partial charge in [0.25, 0.3) is 0 Å². The number of aryl methyl sites for hydroxylation is 2. The van der Waals surface area contributed by atoms with Crippen LogP contribution in [0, 0.1) is 6.92 Å². The molecule has 0 aliphatic carbocycles. The Morgan fingerprint density at radius 3 is 2.68 bits per heavy atom. The van der Waals surface area contributed by atoms with Crippen LogP contribution in [0.5, 0.6) is 0 Å². The summed E-state index contributed by atoms with van der Waals surface area (Å²) in [5.41, 5.74) is 0.210. The molecule has 0 saturated carbocycles. The predicted octanol–water partition coefficient (Wildman–Crippen LogP) is 3.14. The highest BCUT2D eigenvalue weighted by Gasteiger charge is 2.24. The van der Waals surface area contributed by atoms with Crippen molar-refractivity contribution in [1.29, 1.82) is 0 Å². The monoisotopic (exact) mass is 361 g/mol. The van der Waals surface area contributed by atoms with Crippen LogP contribution in [0.1, 0.15) is 51.8 Å². The summed E-state index contributed by atoms with van der Waals surface area (Å²) in [5.74, 6) is -0.738. The normalized spacial score (nSPS) is 15.5. The van der Waals surface area contributed by atoms with Crippen molar-refractivity contribution in [2.24, 2.45) is 0 Å². The average molecular weight is 361 g/mol. The van der Waals surface area contributed by atoms with Crippen LogP contribution in [0.4, 0.5) is 0 Å². The molecule has 2 aromatic rings. The van der Waals surface area contributed by atoms with Gasteiger partial charge in [-0.25, -0.2) is 4.79 Å². The molecule has 134 valence electrons. The standard InChI is InChI=1S/C18H23N3O3S/c1-13-5-6-16(25-13)3-2-4-17(22)20-9-7-15(8-10-20)21-12-14(11-19-21)18(23)24/h5-6,11-12,15H,2-4,7-10H2,1H3,(H,23,24). The molecule has 0 aromatic carbocycles. The fourth-order valence-electron chi connectivity index (χ4n) is 3.22. The number of carbonyl (C=O) groups is 2. The molecular weight excluding hydrogens is 338 g/mol. The molecule has 1 fully saturated rings. The smallest absolute Gasteiger partial charge is 0.338 e. The molecule has 7 heteroatoms. The summed E-state index contributed by atoms with van der Waals surface area (Å²) in [4.78, 5) is 27.9. The molecule has 3 heterocycles. The maximum absolute atomic E-state index is 12.4. The lowest BCUT2D eigenvalue weighted by atomic mass is 10.0. The lowest BCUT2D eigenvalue weighted by Crippen LogP contribution is -2.39. The first-order chi connectivity index (χ1) is 12.0. The molecule has 0 atom stereocenters. The highest BCUT2D eigenvalue weighted by molar-refractivity contribution is 7.11. The highest BCUT2D eigenvalue weighted by Crippen LogP contribution is 2.23. The number of hydrogen-bond donors (Lipinski definition) is 1. The minimum atomic E-state index is -0.959. The number of carboxylic acid groups (broad SMARTS) is 1. The van der Waals surface area contributed by atoms with Crippen molar-refractivity contribution in [3.8, 4) is 0 Å². The van der Waals surface area contributed by atoms with E-state index in [4.69, 9.17) is 5.11 Å². The minimum absolute atomic E-state index is 0.172. The number of amides is 1. The third kappa shape index (κ3) is 4.48. The first kappa shape index (κ1) is 17.7. The number of thiophene rings is 1. The van der Waals surface area contributed by atoms with Crippen LogP contribution < -0.4 is 0 Å². The minimum Gasteiger partial charge on any atom is -0.478 e. The SMILES string of the molecule is Cc1ccc(CCCC(=O)N2CCC(n3cc(C(=O)O)cn3)CC2)s1. The molecule has 1 N–H and O–H groups in total. The summed E-state index contributed by atoms with van der Waals surface area (Å²) in [5, 5.41) is 13.1. The number of hydrogen-bond acceptors (Lipinski definition) is 4. The molecule has 0 bridgehead atoms. The van der Waals surface area contributed by atoms with Gasteiger partial charge < -0.3 is 10.0 Å². The quantitative estimate of drug-likeness (QED) is 0.858. The van der Waals surface area contributed by atoms with Gasteiger partial charge in [-0.05, 0) is 44.7 Å². The summed E-state index contributed by atoms with van der Waals surface area (Å²) in [6.45, 7) is 3.52. The van der Waals surface area contributed by atoms with E-state index in [1.807, 2.05) is 4.90 Å². The Morgan fingerprint density at radius 1 is 1.32 bits per heavy atom. The van der Waals surface area contributed by atoms with Gasteiger partial charge in [-0.2, -0.15) is 5.10 Å². The van der Waals surface area contributed by atoms with Gasteiger partial charge in [-0.15, -0.1) is 11.3 Å². The number of carbonyl (C=O) groups excluding carboxylic acids is 1. The number of nitrogens with zero attached hydrogens (tertiary/aromatic N) is 3. The Kier molecular flexibility index (Phi) is 5.53. The second-order valence-corrected chi connectivity index (χ2v) is 7.86. The zero-order valence-corrected chi connectivity index (χ0v) is 15.2. The van der Waals surface area contributed by atoms with Gasteiger partial charge >= 0.3 is 5.97 Å². The summed E-state index contributed by atoms with van der Waals surface area (Å²) in [6.07, 6.45) is 7.03. The lowest BCUT2D eigenvalue weighted by Gasteiger charge is -2.32. The van der Waals surface area contributed by atoms with Crippen molar-refractivity contribution in [3.05, 3.63) is 39.8 Å². The van der Waals surface area contributed by atoms with Gasteiger partial charge in [-0.1, -0.05) is 0 Å². The molecule has 1 aliphatic rings. The van der Waals surface area contributed by atoms with Crippen molar-refractivity contribution in [2.45, 2.75) is 45.1 Å². The average Bonchev–Trinajstić information content (AvgIpc) is 3.24. The number of aromatic nitrogens is 2. The van der Waals surface area contributed by atoms with Crippen molar-refractivity contribution >= 4 is 23.2 Å². The number of rotatable bonds is 6. The van der Waals surface area contributed by atoms with Gasteiger partial charge in [0.05, 0.1) is 17.8 Å². The van der Waals surface area contributed by atoms with Gasteiger partial charge in [0, 0.05) is 35.5 Å². The van der Waals surface area contributed by atoms with E-state index < -0.39 is 5.97 Å². The van der Waals surface area contributed by atoms with Crippen molar-refractivity contribution in [1.82, 2.24) is 14.7 Å². The summed E-state index contributed by atoms with van der Waals surface area (Å²) in [6, 6.07) is 4.44. The third-order valence-corrected chi connectivity index (χ3v) is 5.71. The van der Waals surface area contributed by atoms with Crippen molar-refractivity contribution in [3.63, 3.8) is 0 Å². The molecule has 0 unspecified atom stereocenters. The third-order valence-electron chi connectivity index (χ3n) is 4.65. The molecule has 2 aromatic heterocycles. The first-order valence-corrected chi connectivity index (χ1v) is 9.45. The highest BCUT2D eigenvalue weighted by atomic mass is 32.1. The van der Waals surface area contributed by atoms with E-state index in [0.29, 0.717) is 19.5 Å². The Balaban J connectivity index is 1.43. The molecule has 1 aliphatic heterocycles. The van der Waals surface area contributed by atoms with E-state index in [-0.39, 0.29) is 17.5 Å². The van der Waals surface area contributed by atoms with Crippen LogP contribution in [0.3, 0.4) is 0 Å². The zero-order chi connectivity index (χ0) is 17.8. The largest absolute Gasteiger partial charge is 0.478 e. The molecule has 3 rings (SSSR count). The van der Waals surface area contributed by atoms with Crippen LogP contribution in [0.25, 0.3) is 0 Å². The Labute approximate surface area is 151 Å². The van der Waals surface area contributed by atoms with E-state index >= 15 is 0 Å². The van der Waals surface area contributed by atoms with Crippen LogP contribution in [-0.2, 0) is 11.2 Å². The number of carboxylic acids is 1. The van der Waals surface area contributed by atoms with E-state index in [2.05, 4.69) is 24.2 Å². The molecule has 25 heavy (non-hydrogen) atoms. The van der Waals surface area contributed by atoms with Crippen LogP contribution in [-0.4, -0.2) is 44.8 Å². The molecule has 1 amide bonds. The predicted molar refractivity (Wildman–Crippen MR) is 96.0 cm³/mol. The second-order valence-electron chi connectivity index (χ2n) is 6.49. The van der Waals surface area contributed by atoms with Crippen molar-refractivity contribution < 1.29 is 14.7 Å². The number of likely N-dealkylation sites (tertiary alicyclic amines) is 1. The molecule has 0 spiro atoms. The maximum atomic E-state index is 12.4. The van der Waals surface area contributed by atoms with E-state index in [1.165, 1.54) is 16.0 Å². The maximum Gasteiger partial charge on any atom is 0.338 e. The summed E-state index contributed by atoms with van der Waals surface area (Å²) >= 11 is 1.80. The second kappa shape index (κ2) is 7.82. The topological polar surface area (TPSA) is 75.4 Å². The molecule has 6 nitrogen and oxygen atoms in total. The summed E-state index contributed by atoms with van der Waals surface area (Å²) < 4.78 is 1.73. The molecule has 0 radical (unpaired) electrons. The van der Waals surface area contributed by atoms with Crippen LogP contribution in [0.2, 0.25) is 0 Å². The fraction of sp³-hybridized carbons (Fsp3) is 0.500. The van der Waals surface area contributed by atoms with Crippen molar-refractivity contribution in [2.75, 3.05) is 13.1 Å². The molecular formula is C18H23N3O3S. The van der Waals surface area contributed by atoms with E-state index in [0.717, 1.165) is 25.7 Å². The Hall–Kier alpha value is -2.15. The van der Waals surface area contributed by atoms with Gasteiger partial charge in [-0.3, -0.25) is 9.48 Å². The van der Waals surface area contributed by atoms with Crippen LogP contribution >= 0.6 is 11.3 Å².